The molecule has 210 valence electrons. The molecule has 1 aromatic heterocycles. The zero-order valence-electron chi connectivity index (χ0n) is 23.9. The molecular formula is C40H27IN3-. The molecule has 3 aliphatic rings. The van der Waals surface area contributed by atoms with E-state index in [1.54, 1.807) is 0 Å². The summed E-state index contributed by atoms with van der Waals surface area (Å²) in [5.74, 6) is 2.43. The van der Waals surface area contributed by atoms with E-state index in [4.69, 9.17) is 15.0 Å². The van der Waals surface area contributed by atoms with Crippen LogP contribution in [0.1, 0.15) is 29.3 Å². The predicted molar refractivity (Wildman–Crippen MR) is 173 cm³/mol. The Morgan fingerprint density at radius 2 is 1.23 bits per heavy atom. The summed E-state index contributed by atoms with van der Waals surface area (Å²) in [6.07, 6.45) is 10.5. The van der Waals surface area contributed by atoms with E-state index in [1.807, 2.05) is 0 Å². The third-order valence-corrected chi connectivity index (χ3v) is 11.8. The average molecular weight is 677 g/mol. The van der Waals surface area contributed by atoms with E-state index < -0.39 is 0 Å². The van der Waals surface area contributed by atoms with Crippen molar-refractivity contribution in [2.45, 2.75) is 18.8 Å². The third kappa shape index (κ3) is 4.44. The van der Waals surface area contributed by atoms with Gasteiger partial charge in [0.15, 0.2) is 0 Å². The first-order valence-corrected chi connectivity index (χ1v) is 17.2. The van der Waals surface area contributed by atoms with Gasteiger partial charge >= 0.3 is 221 Å². The molecule has 2 heterocycles. The molecule has 5 aromatic carbocycles. The van der Waals surface area contributed by atoms with Gasteiger partial charge in [-0.1, -0.05) is 24.3 Å². The second kappa shape index (κ2) is 10.5. The average Bonchev–Trinajstić information content (AvgIpc) is 3.66. The zero-order valence-corrected chi connectivity index (χ0v) is 26.1. The molecular weight excluding hydrogens is 649 g/mol. The molecule has 0 saturated carbocycles. The van der Waals surface area contributed by atoms with Crippen molar-refractivity contribution in [1.82, 2.24) is 15.0 Å². The fourth-order valence-corrected chi connectivity index (χ4v) is 9.60. The molecule has 9 rings (SSSR count). The van der Waals surface area contributed by atoms with E-state index in [1.165, 1.54) is 51.6 Å². The Balaban J connectivity index is 1.12. The van der Waals surface area contributed by atoms with Gasteiger partial charge in [-0.25, -0.2) is 0 Å². The summed E-state index contributed by atoms with van der Waals surface area (Å²) in [5, 5.41) is 0. The van der Waals surface area contributed by atoms with Crippen LogP contribution in [0.4, 0.5) is 0 Å². The van der Waals surface area contributed by atoms with Crippen LogP contribution < -0.4 is 21.2 Å². The van der Waals surface area contributed by atoms with Crippen LogP contribution in [-0.4, -0.2) is 15.0 Å². The fraction of sp³-hybridized carbons (Fsp3) is 0.0750. The van der Waals surface area contributed by atoms with Gasteiger partial charge in [-0.15, -0.1) is 0 Å². The summed E-state index contributed by atoms with van der Waals surface area (Å²) in [6.45, 7) is 0. The first kappa shape index (κ1) is 25.8. The molecule has 0 bridgehead atoms. The summed E-state index contributed by atoms with van der Waals surface area (Å²) in [6, 6.07) is 39.8. The summed E-state index contributed by atoms with van der Waals surface area (Å²) < 4.78 is 2.93. The molecule has 0 N–H and O–H groups in total. The number of fused-ring (bicyclic) bond motifs is 6. The molecule has 6 aromatic rings. The first-order chi connectivity index (χ1) is 21.8. The van der Waals surface area contributed by atoms with Crippen LogP contribution in [0.5, 0.6) is 0 Å². The van der Waals surface area contributed by atoms with Crippen molar-refractivity contribution in [3.05, 3.63) is 158 Å². The number of hydrogen-bond acceptors (Lipinski definition) is 3. The minimum absolute atomic E-state index is 0.133. The topological polar surface area (TPSA) is 38.7 Å². The van der Waals surface area contributed by atoms with E-state index in [2.05, 4.69) is 133 Å². The minimum atomic E-state index is -0.219. The SMILES string of the molecule is C1=CCC(c2nc(-c3cccc(-c4ccc5c(c4)Cc4ccccc4-5)c3)nc(-c3ccc4c(c3)[I-]c3ccccc3-4)n2)C=C1. The van der Waals surface area contributed by atoms with Crippen LogP contribution in [0.3, 0.4) is 0 Å². The Morgan fingerprint density at radius 1 is 0.523 bits per heavy atom. The molecule has 4 heteroatoms. The maximum absolute atomic E-state index is 5.11. The van der Waals surface area contributed by atoms with Crippen molar-refractivity contribution in [3.8, 4) is 56.2 Å². The molecule has 3 nitrogen and oxygen atoms in total. The Bertz CT molecular complexity index is 2180. The maximum atomic E-state index is 5.11. The monoisotopic (exact) mass is 676 g/mol. The van der Waals surface area contributed by atoms with Gasteiger partial charge < -0.3 is 0 Å². The molecule has 1 aliphatic heterocycles. The van der Waals surface area contributed by atoms with Gasteiger partial charge in [-0.05, 0) is 23.1 Å². The Kier molecular flexibility index (Phi) is 6.15. The van der Waals surface area contributed by atoms with Gasteiger partial charge in [0, 0.05) is 0 Å². The van der Waals surface area contributed by atoms with Crippen molar-refractivity contribution >= 4 is 0 Å². The van der Waals surface area contributed by atoms with E-state index in [0.717, 1.165) is 41.4 Å². The Hall–Kier alpha value is -4.68. The van der Waals surface area contributed by atoms with Crippen LogP contribution in [0, 0.1) is 7.14 Å². The molecule has 1 unspecified atom stereocenters. The van der Waals surface area contributed by atoms with Gasteiger partial charge in [0.25, 0.3) is 0 Å². The van der Waals surface area contributed by atoms with Crippen LogP contribution in [0.15, 0.2) is 133 Å². The van der Waals surface area contributed by atoms with Gasteiger partial charge in [-0.2, -0.15) is 0 Å². The summed E-state index contributed by atoms with van der Waals surface area (Å²) in [7, 11) is 0. The molecule has 0 amide bonds. The molecule has 0 fully saturated rings. The standard InChI is InChI=1S/C40H27IN3/c1-2-9-25(10-3-1)38-42-39(44-40(43-38)30-18-20-35-34-15-6-7-16-36(34)41-37(35)24-30)29-13-8-12-26(21-29)27-17-19-33-31(22-27)23-28-11-4-5-14-32(28)33/h1-9,11-22,24-25H,10,23H2/q-1. The number of rotatable bonds is 4. The Labute approximate surface area is 267 Å². The van der Waals surface area contributed by atoms with Gasteiger partial charge in [0.2, 0.25) is 0 Å². The quantitative estimate of drug-likeness (QED) is 0.210. The van der Waals surface area contributed by atoms with Gasteiger partial charge in [0.1, 0.15) is 0 Å². The van der Waals surface area contributed by atoms with Crippen molar-refractivity contribution in [2.75, 3.05) is 0 Å². The van der Waals surface area contributed by atoms with Crippen LogP contribution >= 0.6 is 0 Å². The molecule has 2 aliphatic carbocycles. The van der Waals surface area contributed by atoms with Crippen molar-refractivity contribution < 1.29 is 21.2 Å². The number of nitrogens with zero attached hydrogens (tertiary/aromatic N) is 3. The molecule has 1 atom stereocenters. The molecule has 0 radical (unpaired) electrons. The summed E-state index contributed by atoms with van der Waals surface area (Å²) in [5.41, 5.74) is 12.7. The number of aromatic nitrogens is 3. The van der Waals surface area contributed by atoms with Gasteiger partial charge in [0.05, 0.1) is 0 Å². The van der Waals surface area contributed by atoms with E-state index in [9.17, 15) is 0 Å². The number of hydrogen-bond donors (Lipinski definition) is 0. The first-order valence-electron chi connectivity index (χ1n) is 15.1. The van der Waals surface area contributed by atoms with Crippen LogP contribution in [0.2, 0.25) is 0 Å². The summed E-state index contributed by atoms with van der Waals surface area (Å²) >= 11 is -0.219. The fourth-order valence-electron chi connectivity index (χ4n) is 6.57. The zero-order chi connectivity index (χ0) is 29.0. The second-order valence-corrected chi connectivity index (χ2v) is 14.4. The van der Waals surface area contributed by atoms with E-state index in [0.29, 0.717) is 0 Å². The number of allylic oxidation sites excluding steroid dienone is 4. The third-order valence-electron chi connectivity index (χ3n) is 8.81. The van der Waals surface area contributed by atoms with Crippen molar-refractivity contribution in [3.63, 3.8) is 0 Å². The van der Waals surface area contributed by atoms with Crippen molar-refractivity contribution in [1.29, 1.82) is 0 Å². The predicted octanol–water partition coefficient (Wildman–Crippen LogP) is 6.15. The van der Waals surface area contributed by atoms with E-state index in [-0.39, 0.29) is 27.1 Å². The molecule has 0 saturated heterocycles. The van der Waals surface area contributed by atoms with E-state index >= 15 is 0 Å². The summed E-state index contributed by atoms with van der Waals surface area (Å²) in [4.78, 5) is 15.3. The van der Waals surface area contributed by atoms with Crippen LogP contribution in [0.25, 0.3) is 56.2 Å². The number of benzene rings is 5. The van der Waals surface area contributed by atoms with Crippen LogP contribution in [-0.2, 0) is 6.42 Å². The normalized spacial score (nSPS) is 15.7. The van der Waals surface area contributed by atoms with Gasteiger partial charge in [-0.3, -0.25) is 0 Å². The molecule has 44 heavy (non-hydrogen) atoms. The molecule has 0 spiro atoms. The second-order valence-electron chi connectivity index (χ2n) is 11.6. The Morgan fingerprint density at radius 3 is 2.11 bits per heavy atom. The number of halogens is 1. The van der Waals surface area contributed by atoms with Crippen molar-refractivity contribution in [2.24, 2.45) is 0 Å².